The van der Waals surface area contributed by atoms with E-state index in [0.717, 1.165) is 36.6 Å². The van der Waals surface area contributed by atoms with Crippen molar-refractivity contribution in [1.82, 2.24) is 0 Å². The normalized spacial score (nSPS) is 10.7. The summed E-state index contributed by atoms with van der Waals surface area (Å²) < 4.78 is 12.8. The molecule has 122 valence electrons. The first-order chi connectivity index (χ1) is 11.1. The van der Waals surface area contributed by atoms with Crippen molar-refractivity contribution in [3.63, 3.8) is 0 Å². The van der Waals surface area contributed by atoms with E-state index in [9.17, 15) is 0 Å². The van der Waals surface area contributed by atoms with Crippen molar-refractivity contribution in [2.75, 3.05) is 26.4 Å². The molecule has 5 heteroatoms. The summed E-state index contributed by atoms with van der Waals surface area (Å²) >= 11 is 7.31. The van der Waals surface area contributed by atoms with Crippen LogP contribution in [0.3, 0.4) is 0 Å². The lowest BCUT2D eigenvalue weighted by Gasteiger charge is -2.14. The molecule has 23 heavy (non-hydrogen) atoms. The molecule has 3 nitrogen and oxygen atoms in total. The molecule has 0 heterocycles. The van der Waals surface area contributed by atoms with Crippen LogP contribution in [-0.4, -0.2) is 31.5 Å². The maximum absolute atomic E-state index is 8.66. The molecule has 0 radical (unpaired) electrons. The second-order valence-corrected chi connectivity index (χ2v) is 6.34. The summed E-state index contributed by atoms with van der Waals surface area (Å²) in [6.07, 6.45) is 3.62. The molecule has 0 bridgehead atoms. The maximum Gasteiger partial charge on any atom is 0.120 e. The molecular weight excluding hydrogens is 424 g/mol. The van der Waals surface area contributed by atoms with E-state index in [4.69, 9.17) is 14.6 Å². The molecule has 0 aliphatic rings. The minimum atomic E-state index is 0.0207. The Bertz CT molecular complexity index is 726. The number of aliphatic hydroxyl groups excluding tert-OH is 1. The minimum Gasteiger partial charge on any atom is -0.491 e. The van der Waals surface area contributed by atoms with Crippen LogP contribution in [0.5, 0.6) is 5.75 Å². The Kier molecular flexibility index (Phi) is 6.84. The zero-order valence-corrected chi connectivity index (χ0v) is 15.8. The van der Waals surface area contributed by atoms with Gasteiger partial charge in [-0.1, -0.05) is 25.3 Å². The van der Waals surface area contributed by atoms with Crippen LogP contribution in [0.25, 0.3) is 22.9 Å². The highest BCUT2D eigenvalue weighted by atomic mass is 79.9. The van der Waals surface area contributed by atoms with Crippen molar-refractivity contribution < 1.29 is 14.6 Å². The number of ether oxygens (including phenoxy) is 2. The third-order valence-corrected chi connectivity index (χ3v) is 5.08. The van der Waals surface area contributed by atoms with Gasteiger partial charge in [0, 0.05) is 14.3 Å². The highest BCUT2D eigenvalue weighted by Crippen LogP contribution is 2.40. The van der Waals surface area contributed by atoms with Crippen LogP contribution in [0.1, 0.15) is 11.1 Å². The number of halogens is 2. The highest BCUT2D eigenvalue weighted by molar-refractivity contribution is 9.11. The van der Waals surface area contributed by atoms with E-state index >= 15 is 0 Å². The first-order valence-electron chi connectivity index (χ1n) is 7.15. The van der Waals surface area contributed by atoms with Crippen LogP contribution >= 0.6 is 31.9 Å². The average molecular weight is 442 g/mol. The van der Waals surface area contributed by atoms with Gasteiger partial charge in [0.2, 0.25) is 0 Å². The van der Waals surface area contributed by atoms with Crippen molar-refractivity contribution in [2.24, 2.45) is 0 Å². The Morgan fingerprint density at radius 3 is 2.22 bits per heavy atom. The van der Waals surface area contributed by atoms with Crippen LogP contribution in [0.4, 0.5) is 0 Å². The van der Waals surface area contributed by atoms with Gasteiger partial charge in [-0.3, -0.25) is 0 Å². The second-order valence-electron chi connectivity index (χ2n) is 4.76. The fourth-order valence-electron chi connectivity index (χ4n) is 2.30. The Labute approximate surface area is 152 Å². The van der Waals surface area contributed by atoms with Crippen LogP contribution in [0, 0.1) is 0 Å². The van der Waals surface area contributed by atoms with E-state index in [-0.39, 0.29) is 6.61 Å². The summed E-state index contributed by atoms with van der Waals surface area (Å²) in [5, 5.41) is 10.8. The van der Waals surface area contributed by atoms with Crippen LogP contribution in [0.2, 0.25) is 0 Å². The van der Waals surface area contributed by atoms with E-state index in [0.29, 0.717) is 19.8 Å². The van der Waals surface area contributed by atoms with Gasteiger partial charge < -0.3 is 14.6 Å². The van der Waals surface area contributed by atoms with Crippen LogP contribution < -0.4 is 4.74 Å². The number of benzene rings is 2. The Hall–Kier alpha value is -1.14. The van der Waals surface area contributed by atoms with E-state index in [1.165, 1.54) is 0 Å². The first-order valence-corrected chi connectivity index (χ1v) is 8.73. The standard InChI is InChI=1S/C18H18Br2O3/c1-3-13-14(4-2)18(20)16-11-12(5-6-15(16)17(13)19)23-10-9-22-8-7-21/h3-6,11,21H,1-2,7-10H2. The topological polar surface area (TPSA) is 38.7 Å². The van der Waals surface area contributed by atoms with Gasteiger partial charge in [0.15, 0.2) is 0 Å². The van der Waals surface area contributed by atoms with E-state index in [2.05, 4.69) is 45.0 Å². The van der Waals surface area contributed by atoms with Gasteiger partial charge >= 0.3 is 0 Å². The lowest BCUT2D eigenvalue weighted by atomic mass is 10.0. The molecule has 2 rings (SSSR count). The number of hydrogen-bond acceptors (Lipinski definition) is 3. The molecule has 0 saturated carbocycles. The molecule has 0 aliphatic carbocycles. The first kappa shape index (κ1) is 18.2. The highest BCUT2D eigenvalue weighted by Gasteiger charge is 2.13. The molecular formula is C18H18Br2O3. The average Bonchev–Trinajstić information content (AvgIpc) is 2.57. The second kappa shape index (κ2) is 8.64. The predicted molar refractivity (Wildman–Crippen MR) is 103 cm³/mol. The molecule has 0 unspecified atom stereocenters. The number of aliphatic hydroxyl groups is 1. The number of rotatable bonds is 8. The molecule has 0 aromatic heterocycles. The summed E-state index contributed by atoms with van der Waals surface area (Å²) in [5.74, 6) is 0.763. The SMILES string of the molecule is C=Cc1c(C=C)c(Br)c2cc(OCCOCCO)ccc2c1Br. The van der Waals surface area contributed by atoms with Crippen molar-refractivity contribution >= 4 is 54.8 Å². The van der Waals surface area contributed by atoms with Crippen molar-refractivity contribution in [3.05, 3.63) is 51.4 Å². The summed E-state index contributed by atoms with van der Waals surface area (Å²) in [6, 6.07) is 5.91. The quantitative estimate of drug-likeness (QED) is 0.583. The smallest absolute Gasteiger partial charge is 0.120 e. The van der Waals surface area contributed by atoms with Crippen LogP contribution in [0.15, 0.2) is 40.3 Å². The van der Waals surface area contributed by atoms with Gasteiger partial charge in [-0.25, -0.2) is 0 Å². The Morgan fingerprint density at radius 2 is 1.61 bits per heavy atom. The zero-order valence-electron chi connectivity index (χ0n) is 12.6. The third kappa shape index (κ3) is 4.04. The molecule has 0 atom stereocenters. The van der Waals surface area contributed by atoms with Gasteiger partial charge in [0.1, 0.15) is 12.4 Å². The van der Waals surface area contributed by atoms with E-state index < -0.39 is 0 Å². The Balaban J connectivity index is 2.34. The zero-order chi connectivity index (χ0) is 16.8. The van der Waals surface area contributed by atoms with Crippen molar-refractivity contribution in [2.45, 2.75) is 0 Å². The number of fused-ring (bicyclic) bond motifs is 1. The fraction of sp³-hybridized carbons (Fsp3) is 0.222. The van der Waals surface area contributed by atoms with E-state index in [1.807, 2.05) is 30.4 Å². The fourth-order valence-corrected chi connectivity index (χ4v) is 3.72. The minimum absolute atomic E-state index is 0.0207. The van der Waals surface area contributed by atoms with Crippen LogP contribution in [-0.2, 0) is 4.74 Å². The number of hydrogen-bond donors (Lipinski definition) is 1. The molecule has 0 aliphatic heterocycles. The molecule has 2 aromatic carbocycles. The summed E-state index contributed by atoms with van der Waals surface area (Å²) in [5.41, 5.74) is 1.99. The molecule has 2 aromatic rings. The van der Waals surface area contributed by atoms with Crippen molar-refractivity contribution in [1.29, 1.82) is 0 Å². The van der Waals surface area contributed by atoms with Gasteiger partial charge in [-0.05, 0) is 66.6 Å². The maximum atomic E-state index is 8.66. The van der Waals surface area contributed by atoms with Gasteiger partial charge in [0.25, 0.3) is 0 Å². The summed E-state index contributed by atoms with van der Waals surface area (Å²) in [6.45, 7) is 8.98. The third-order valence-electron chi connectivity index (χ3n) is 3.37. The Morgan fingerprint density at radius 1 is 0.957 bits per heavy atom. The largest absolute Gasteiger partial charge is 0.491 e. The van der Waals surface area contributed by atoms with Gasteiger partial charge in [0.05, 0.1) is 19.8 Å². The summed E-state index contributed by atoms with van der Waals surface area (Å²) in [4.78, 5) is 0. The van der Waals surface area contributed by atoms with Gasteiger partial charge in [-0.2, -0.15) is 0 Å². The molecule has 1 N–H and O–H groups in total. The van der Waals surface area contributed by atoms with E-state index in [1.54, 1.807) is 0 Å². The summed E-state index contributed by atoms with van der Waals surface area (Å²) in [7, 11) is 0. The van der Waals surface area contributed by atoms with Gasteiger partial charge in [-0.15, -0.1) is 0 Å². The lowest BCUT2D eigenvalue weighted by Crippen LogP contribution is -2.09. The van der Waals surface area contributed by atoms with Crippen molar-refractivity contribution in [3.8, 4) is 5.75 Å². The molecule has 0 saturated heterocycles. The predicted octanol–water partition coefficient (Wildman–Crippen LogP) is 5.04. The monoisotopic (exact) mass is 440 g/mol. The molecule has 0 amide bonds. The molecule has 0 fully saturated rings. The lowest BCUT2D eigenvalue weighted by molar-refractivity contribution is 0.0705. The molecule has 0 spiro atoms.